The lowest BCUT2D eigenvalue weighted by Gasteiger charge is -2.06. The van der Waals surface area contributed by atoms with Crippen LogP contribution in [0.2, 0.25) is 0 Å². The number of carbonyl (C=O) groups excluding carboxylic acids is 2. The van der Waals surface area contributed by atoms with E-state index in [0.717, 1.165) is 15.4 Å². The number of fused-ring (bicyclic) bond motifs is 1. The van der Waals surface area contributed by atoms with E-state index in [1.807, 2.05) is 0 Å². The summed E-state index contributed by atoms with van der Waals surface area (Å²) in [6, 6.07) is 16.4. The summed E-state index contributed by atoms with van der Waals surface area (Å²) in [5, 5.41) is 10.7. The second-order valence-corrected chi connectivity index (χ2v) is 6.44. The van der Waals surface area contributed by atoms with Crippen LogP contribution in [-0.4, -0.2) is 26.2 Å². The van der Waals surface area contributed by atoms with E-state index < -0.39 is 23.3 Å². The molecule has 4 rings (SSSR count). The Morgan fingerprint density at radius 1 is 1.03 bits per heavy atom. The Labute approximate surface area is 168 Å². The van der Waals surface area contributed by atoms with Crippen LogP contribution in [0.15, 0.2) is 76.1 Å². The van der Waals surface area contributed by atoms with Gasteiger partial charge in [-0.3, -0.25) is 15.0 Å². The van der Waals surface area contributed by atoms with Gasteiger partial charge in [0.15, 0.2) is 0 Å². The molecule has 29 heavy (non-hydrogen) atoms. The molecule has 0 atom stereocenters. The highest BCUT2D eigenvalue weighted by molar-refractivity contribution is 7.71. The molecule has 0 spiro atoms. The fourth-order valence-corrected chi connectivity index (χ4v) is 3.08. The normalized spacial score (nSPS) is 10.8. The summed E-state index contributed by atoms with van der Waals surface area (Å²) in [6.07, 6.45) is 1.07. The number of nitrogens with one attached hydrogen (secondary N) is 1. The lowest BCUT2D eigenvalue weighted by atomic mass is 10.2. The molecule has 8 nitrogen and oxygen atoms in total. The van der Waals surface area contributed by atoms with E-state index in [-0.39, 0.29) is 10.3 Å². The van der Waals surface area contributed by atoms with Gasteiger partial charge < -0.3 is 9.52 Å². The molecular formula is C20H13N3O5S. The van der Waals surface area contributed by atoms with Crippen molar-refractivity contribution in [3.8, 4) is 5.88 Å². The van der Waals surface area contributed by atoms with E-state index >= 15 is 0 Å². The smallest absolute Gasteiger partial charge is 0.349 e. The molecule has 0 radical (unpaired) electrons. The van der Waals surface area contributed by atoms with Gasteiger partial charge in [-0.1, -0.05) is 36.4 Å². The van der Waals surface area contributed by atoms with Crippen LogP contribution >= 0.6 is 12.2 Å². The first kappa shape index (κ1) is 18.4. The molecule has 2 N–H and O–H groups in total. The van der Waals surface area contributed by atoms with Gasteiger partial charge in [-0.2, -0.15) is 0 Å². The summed E-state index contributed by atoms with van der Waals surface area (Å²) < 4.78 is 6.83. The van der Waals surface area contributed by atoms with Crippen molar-refractivity contribution in [1.82, 2.24) is 9.24 Å². The summed E-state index contributed by atoms with van der Waals surface area (Å²) >= 11 is 5.20. The van der Waals surface area contributed by atoms with Crippen molar-refractivity contribution in [3.05, 3.63) is 93.2 Å². The molecule has 0 saturated carbocycles. The minimum atomic E-state index is -0.822. The molecule has 9 heteroatoms. The molecular weight excluding hydrogens is 394 g/mol. The van der Waals surface area contributed by atoms with E-state index in [0.29, 0.717) is 16.5 Å². The Morgan fingerprint density at radius 2 is 1.72 bits per heavy atom. The van der Waals surface area contributed by atoms with E-state index in [9.17, 15) is 19.5 Å². The second-order valence-electron chi connectivity index (χ2n) is 6.07. The summed E-state index contributed by atoms with van der Waals surface area (Å²) in [7, 11) is 0. The zero-order valence-electron chi connectivity index (χ0n) is 14.7. The summed E-state index contributed by atoms with van der Waals surface area (Å²) in [4.78, 5) is 37.3. The highest BCUT2D eigenvalue weighted by atomic mass is 32.1. The number of amides is 1. The predicted octanol–water partition coefficient (Wildman–Crippen LogP) is 2.90. The van der Waals surface area contributed by atoms with Crippen LogP contribution in [0.25, 0.3) is 11.0 Å². The van der Waals surface area contributed by atoms with Gasteiger partial charge in [0.05, 0.1) is 6.20 Å². The maximum Gasteiger partial charge on any atom is 0.349 e. The van der Waals surface area contributed by atoms with Gasteiger partial charge >= 0.3 is 5.63 Å². The summed E-state index contributed by atoms with van der Waals surface area (Å²) in [5.74, 6) is -1.83. The molecule has 0 aliphatic heterocycles. The quantitative estimate of drug-likeness (QED) is 0.400. The molecule has 0 unspecified atom stereocenters. The minimum absolute atomic E-state index is 0.171. The average Bonchev–Trinajstić information content (AvgIpc) is 3.00. The van der Waals surface area contributed by atoms with Gasteiger partial charge in [0.1, 0.15) is 11.1 Å². The van der Waals surface area contributed by atoms with E-state index in [4.69, 9.17) is 16.6 Å². The average molecular weight is 407 g/mol. The Morgan fingerprint density at radius 3 is 2.48 bits per heavy atom. The Balaban J connectivity index is 1.68. The number of rotatable bonds is 3. The van der Waals surface area contributed by atoms with Crippen LogP contribution in [0.4, 0.5) is 0 Å². The Kier molecular flexibility index (Phi) is 4.57. The largest absolute Gasteiger partial charge is 0.493 e. The Hall–Kier alpha value is -3.98. The predicted molar refractivity (Wildman–Crippen MR) is 107 cm³/mol. The molecule has 144 valence electrons. The fraction of sp³-hybridized carbons (Fsp3) is 0. The van der Waals surface area contributed by atoms with Crippen LogP contribution < -0.4 is 11.1 Å². The van der Waals surface area contributed by atoms with Crippen molar-refractivity contribution in [2.45, 2.75) is 0 Å². The van der Waals surface area contributed by atoms with Crippen LogP contribution in [0.1, 0.15) is 20.7 Å². The third-order valence-electron chi connectivity index (χ3n) is 4.20. The molecule has 2 heterocycles. The molecule has 0 aliphatic carbocycles. The summed E-state index contributed by atoms with van der Waals surface area (Å²) in [5.41, 5.74) is 1.97. The van der Waals surface area contributed by atoms with Crippen molar-refractivity contribution in [2.24, 2.45) is 0 Å². The molecule has 0 bridgehead atoms. The lowest BCUT2D eigenvalue weighted by molar-refractivity contribution is 0.0945. The third-order valence-corrected chi connectivity index (χ3v) is 4.58. The molecule has 2 aromatic carbocycles. The van der Waals surface area contributed by atoms with Gasteiger partial charge in [0.2, 0.25) is 10.7 Å². The number of nitrogens with zero attached hydrogens (tertiary/aromatic N) is 2. The molecule has 1 amide bonds. The molecule has 0 aliphatic rings. The zero-order chi connectivity index (χ0) is 20.5. The molecule has 4 aromatic rings. The molecule has 2 aromatic heterocycles. The SMILES string of the molecule is O=C(Nn1cc(O)n(C(=O)c2ccccc2)c1=S)c1cc2ccccc2oc1=O. The van der Waals surface area contributed by atoms with Crippen LogP contribution in [-0.2, 0) is 0 Å². The van der Waals surface area contributed by atoms with Crippen molar-refractivity contribution in [3.63, 3.8) is 0 Å². The van der Waals surface area contributed by atoms with Crippen LogP contribution in [0, 0.1) is 4.77 Å². The van der Waals surface area contributed by atoms with Crippen molar-refractivity contribution < 1.29 is 19.1 Å². The van der Waals surface area contributed by atoms with E-state index in [1.54, 1.807) is 54.6 Å². The number of aromatic nitrogens is 2. The van der Waals surface area contributed by atoms with Gasteiger partial charge in [-0.25, -0.2) is 14.0 Å². The number of benzene rings is 2. The lowest BCUT2D eigenvalue weighted by Crippen LogP contribution is -2.27. The van der Waals surface area contributed by atoms with E-state index in [2.05, 4.69) is 5.43 Å². The van der Waals surface area contributed by atoms with Gasteiger partial charge in [0.25, 0.3) is 11.8 Å². The van der Waals surface area contributed by atoms with Gasteiger partial charge in [0, 0.05) is 10.9 Å². The maximum atomic E-state index is 12.6. The zero-order valence-corrected chi connectivity index (χ0v) is 15.6. The first-order valence-corrected chi connectivity index (χ1v) is 8.84. The number of imidazole rings is 1. The highest BCUT2D eigenvalue weighted by Crippen LogP contribution is 2.16. The number of hydrogen-bond donors (Lipinski definition) is 2. The van der Waals surface area contributed by atoms with Crippen molar-refractivity contribution >= 4 is 35.0 Å². The van der Waals surface area contributed by atoms with E-state index in [1.165, 1.54) is 6.07 Å². The fourth-order valence-electron chi connectivity index (χ4n) is 2.80. The highest BCUT2D eigenvalue weighted by Gasteiger charge is 2.19. The van der Waals surface area contributed by atoms with Crippen molar-refractivity contribution in [2.75, 3.05) is 5.43 Å². The molecule has 0 saturated heterocycles. The number of carbonyl (C=O) groups is 2. The third kappa shape index (κ3) is 3.34. The maximum absolute atomic E-state index is 12.6. The monoisotopic (exact) mass is 407 g/mol. The number of hydrogen-bond acceptors (Lipinski definition) is 6. The second kappa shape index (κ2) is 7.21. The van der Waals surface area contributed by atoms with Gasteiger partial charge in [-0.05, 0) is 36.5 Å². The Bertz CT molecular complexity index is 1370. The standard InChI is InChI=1S/C20H13N3O5S/c24-16-11-22(20(29)23(16)18(26)12-6-2-1-3-7-12)21-17(25)14-10-13-8-4-5-9-15(13)28-19(14)27/h1-11,24H,(H,21,25). The first-order valence-electron chi connectivity index (χ1n) is 8.43. The topological polar surface area (TPSA) is 106 Å². The minimum Gasteiger partial charge on any atom is -0.493 e. The van der Waals surface area contributed by atoms with Crippen LogP contribution in [0.3, 0.4) is 0 Å². The molecule has 0 fully saturated rings. The van der Waals surface area contributed by atoms with Gasteiger partial charge in [-0.15, -0.1) is 0 Å². The number of aromatic hydroxyl groups is 1. The first-order chi connectivity index (χ1) is 14.0. The summed E-state index contributed by atoms with van der Waals surface area (Å²) in [6.45, 7) is 0. The number of para-hydroxylation sites is 1. The van der Waals surface area contributed by atoms with Crippen molar-refractivity contribution in [1.29, 1.82) is 0 Å². The van der Waals surface area contributed by atoms with Crippen LogP contribution in [0.5, 0.6) is 5.88 Å².